The molecule has 0 bridgehead atoms. The number of fused-ring (bicyclic) bond motifs is 1. The summed E-state index contributed by atoms with van der Waals surface area (Å²) in [6.07, 6.45) is 3.21. The number of rotatable bonds is 8. The highest BCUT2D eigenvalue weighted by Crippen LogP contribution is 2.10. The van der Waals surface area contributed by atoms with Crippen molar-refractivity contribution in [3.8, 4) is 0 Å². The van der Waals surface area contributed by atoms with Gasteiger partial charge in [0.25, 0.3) is 0 Å². The lowest BCUT2D eigenvalue weighted by Crippen LogP contribution is -2.38. The number of aromatic nitrogens is 2. The van der Waals surface area contributed by atoms with Crippen LogP contribution in [-0.4, -0.2) is 35.6 Å². The molecule has 0 saturated carbocycles. The molecule has 24 heavy (non-hydrogen) atoms. The maximum absolute atomic E-state index is 4.62. The summed E-state index contributed by atoms with van der Waals surface area (Å²) in [5, 5.41) is 6.67. The van der Waals surface area contributed by atoms with E-state index in [0.717, 1.165) is 61.2 Å². The summed E-state index contributed by atoms with van der Waals surface area (Å²) < 4.78 is 0. The van der Waals surface area contributed by atoms with Gasteiger partial charge in [-0.15, -0.1) is 24.0 Å². The molecule has 0 spiro atoms. The molecule has 2 rings (SSSR count). The highest BCUT2D eigenvalue weighted by molar-refractivity contribution is 14.0. The van der Waals surface area contributed by atoms with Gasteiger partial charge in [-0.1, -0.05) is 26.0 Å². The predicted molar refractivity (Wildman–Crippen MR) is 113 cm³/mol. The maximum atomic E-state index is 4.62. The predicted octanol–water partition coefficient (Wildman–Crippen LogP) is 3.71. The number of benzene rings is 1. The zero-order valence-corrected chi connectivity index (χ0v) is 17.3. The maximum Gasteiger partial charge on any atom is 0.191 e. The second-order valence-corrected chi connectivity index (χ2v) is 6.17. The van der Waals surface area contributed by atoms with Crippen LogP contribution in [0.15, 0.2) is 29.3 Å². The number of para-hydroxylation sites is 2. The van der Waals surface area contributed by atoms with E-state index in [1.807, 2.05) is 18.2 Å². The van der Waals surface area contributed by atoms with Gasteiger partial charge in [-0.25, -0.2) is 4.98 Å². The van der Waals surface area contributed by atoms with Crippen LogP contribution in [0.5, 0.6) is 0 Å². The number of imidazole rings is 1. The summed E-state index contributed by atoms with van der Waals surface area (Å²) in [5.74, 6) is 2.65. The Labute approximate surface area is 162 Å². The number of aliphatic imine (C=N–C) groups is 1. The number of halogens is 1. The first-order valence-corrected chi connectivity index (χ1v) is 8.65. The molecule has 0 aliphatic rings. The van der Waals surface area contributed by atoms with Gasteiger partial charge in [-0.05, 0) is 37.8 Å². The SMILES string of the molecule is CCNC(=NCCCC(C)C)NCCc1nc2ccccc2[nH]1.I. The largest absolute Gasteiger partial charge is 0.357 e. The van der Waals surface area contributed by atoms with Crippen LogP contribution in [0.2, 0.25) is 0 Å². The van der Waals surface area contributed by atoms with E-state index in [4.69, 9.17) is 0 Å². The van der Waals surface area contributed by atoms with Crippen molar-refractivity contribution in [1.82, 2.24) is 20.6 Å². The summed E-state index contributed by atoms with van der Waals surface area (Å²) in [7, 11) is 0. The fraction of sp³-hybridized carbons (Fsp3) is 0.556. The molecule has 5 nitrogen and oxygen atoms in total. The molecule has 0 saturated heterocycles. The Morgan fingerprint density at radius 1 is 1.25 bits per heavy atom. The van der Waals surface area contributed by atoms with Gasteiger partial charge in [-0.3, -0.25) is 4.99 Å². The van der Waals surface area contributed by atoms with Crippen LogP contribution < -0.4 is 10.6 Å². The van der Waals surface area contributed by atoms with Gasteiger partial charge in [0.05, 0.1) is 11.0 Å². The molecule has 2 aromatic rings. The number of nitrogens with zero attached hydrogens (tertiary/aromatic N) is 2. The zero-order valence-electron chi connectivity index (χ0n) is 14.9. The fourth-order valence-electron chi connectivity index (χ4n) is 2.46. The lowest BCUT2D eigenvalue weighted by atomic mass is 10.1. The molecule has 0 fully saturated rings. The van der Waals surface area contributed by atoms with Crippen LogP contribution in [0.4, 0.5) is 0 Å². The Morgan fingerprint density at radius 2 is 2.04 bits per heavy atom. The molecule has 0 aliphatic heterocycles. The normalized spacial score (nSPS) is 11.6. The molecule has 1 aromatic heterocycles. The van der Waals surface area contributed by atoms with Gasteiger partial charge in [0.1, 0.15) is 5.82 Å². The second kappa shape index (κ2) is 11.3. The molecule has 1 aromatic carbocycles. The molecular weight excluding hydrogens is 413 g/mol. The molecule has 0 radical (unpaired) electrons. The molecule has 0 unspecified atom stereocenters. The second-order valence-electron chi connectivity index (χ2n) is 6.17. The highest BCUT2D eigenvalue weighted by Gasteiger charge is 2.03. The van der Waals surface area contributed by atoms with E-state index in [1.165, 1.54) is 6.42 Å². The van der Waals surface area contributed by atoms with Crippen LogP contribution in [0.3, 0.4) is 0 Å². The molecule has 3 N–H and O–H groups in total. The van der Waals surface area contributed by atoms with Crippen molar-refractivity contribution in [2.45, 2.75) is 40.0 Å². The quantitative estimate of drug-likeness (QED) is 0.252. The summed E-state index contributed by atoms with van der Waals surface area (Å²) in [5.41, 5.74) is 2.12. The van der Waals surface area contributed by atoms with Crippen molar-refractivity contribution < 1.29 is 0 Å². The molecular formula is C18H30IN5. The third-order valence-corrected chi connectivity index (χ3v) is 3.65. The van der Waals surface area contributed by atoms with E-state index < -0.39 is 0 Å². The first kappa shape index (κ1) is 20.7. The summed E-state index contributed by atoms with van der Waals surface area (Å²) in [6.45, 7) is 9.15. The van der Waals surface area contributed by atoms with Crippen molar-refractivity contribution >= 4 is 41.0 Å². The average Bonchev–Trinajstić information content (AvgIpc) is 2.94. The van der Waals surface area contributed by atoms with Gasteiger partial charge in [0, 0.05) is 26.1 Å². The Hall–Kier alpha value is -1.31. The number of guanidine groups is 1. The minimum absolute atomic E-state index is 0. The van der Waals surface area contributed by atoms with Gasteiger partial charge in [-0.2, -0.15) is 0 Å². The van der Waals surface area contributed by atoms with E-state index in [9.17, 15) is 0 Å². The third kappa shape index (κ3) is 7.07. The molecule has 0 aliphatic carbocycles. The number of hydrogen-bond acceptors (Lipinski definition) is 2. The minimum atomic E-state index is 0. The Kier molecular flexibility index (Phi) is 9.75. The topological polar surface area (TPSA) is 65.1 Å². The van der Waals surface area contributed by atoms with Gasteiger partial charge in [0.2, 0.25) is 0 Å². The van der Waals surface area contributed by atoms with Crippen LogP contribution in [0, 0.1) is 5.92 Å². The average molecular weight is 443 g/mol. The zero-order chi connectivity index (χ0) is 16.5. The molecule has 134 valence electrons. The lowest BCUT2D eigenvalue weighted by molar-refractivity contribution is 0.560. The van der Waals surface area contributed by atoms with Gasteiger partial charge >= 0.3 is 0 Å². The molecule has 1 heterocycles. The smallest absolute Gasteiger partial charge is 0.191 e. The highest BCUT2D eigenvalue weighted by atomic mass is 127. The monoisotopic (exact) mass is 443 g/mol. The standard InChI is InChI=1S/C18H29N5.HI/c1-4-19-18(20-12-7-8-14(2)3)21-13-11-17-22-15-9-5-6-10-16(15)23-17;/h5-6,9-10,14H,4,7-8,11-13H2,1-3H3,(H,22,23)(H2,19,20,21);1H. The lowest BCUT2D eigenvalue weighted by Gasteiger charge is -2.11. The Bertz CT molecular complexity index is 588. The number of H-pyrrole nitrogens is 1. The van der Waals surface area contributed by atoms with Crippen molar-refractivity contribution in [3.63, 3.8) is 0 Å². The Morgan fingerprint density at radius 3 is 2.75 bits per heavy atom. The van der Waals surface area contributed by atoms with E-state index in [1.54, 1.807) is 0 Å². The van der Waals surface area contributed by atoms with Crippen molar-refractivity contribution in [1.29, 1.82) is 0 Å². The molecule has 0 amide bonds. The Balaban J connectivity index is 0.00000288. The van der Waals surface area contributed by atoms with E-state index in [2.05, 4.69) is 52.4 Å². The van der Waals surface area contributed by atoms with Gasteiger partial charge in [0.15, 0.2) is 5.96 Å². The number of nitrogens with one attached hydrogen (secondary N) is 3. The molecule has 6 heteroatoms. The summed E-state index contributed by atoms with van der Waals surface area (Å²) >= 11 is 0. The number of hydrogen-bond donors (Lipinski definition) is 3. The first-order chi connectivity index (χ1) is 11.2. The van der Waals surface area contributed by atoms with E-state index in [-0.39, 0.29) is 24.0 Å². The van der Waals surface area contributed by atoms with Crippen molar-refractivity contribution in [3.05, 3.63) is 30.1 Å². The van der Waals surface area contributed by atoms with Gasteiger partial charge < -0.3 is 15.6 Å². The van der Waals surface area contributed by atoms with Crippen LogP contribution >= 0.6 is 24.0 Å². The van der Waals surface area contributed by atoms with Crippen LogP contribution in [0.1, 0.15) is 39.4 Å². The van der Waals surface area contributed by atoms with Crippen LogP contribution in [0.25, 0.3) is 11.0 Å². The number of aromatic amines is 1. The van der Waals surface area contributed by atoms with E-state index >= 15 is 0 Å². The summed E-state index contributed by atoms with van der Waals surface area (Å²) in [4.78, 5) is 12.6. The van der Waals surface area contributed by atoms with Crippen molar-refractivity contribution in [2.75, 3.05) is 19.6 Å². The molecule has 0 atom stereocenters. The van der Waals surface area contributed by atoms with Crippen LogP contribution in [-0.2, 0) is 6.42 Å². The fourth-order valence-corrected chi connectivity index (χ4v) is 2.46. The third-order valence-electron chi connectivity index (χ3n) is 3.65. The van der Waals surface area contributed by atoms with Crippen molar-refractivity contribution in [2.24, 2.45) is 10.9 Å². The first-order valence-electron chi connectivity index (χ1n) is 8.65. The summed E-state index contributed by atoms with van der Waals surface area (Å²) in [6, 6.07) is 8.12. The minimum Gasteiger partial charge on any atom is -0.357 e. The van der Waals surface area contributed by atoms with E-state index in [0.29, 0.717) is 0 Å².